The molecule has 1 aromatic heterocycles. The molecule has 0 saturated heterocycles. The van der Waals surface area contributed by atoms with E-state index in [0.29, 0.717) is 18.7 Å². The minimum Gasteiger partial charge on any atom is -0.345 e. The predicted molar refractivity (Wildman–Crippen MR) is 101 cm³/mol. The van der Waals surface area contributed by atoms with Crippen LogP contribution in [0.2, 0.25) is 0 Å². The maximum atomic E-state index is 12.9. The number of hydrogen-bond acceptors (Lipinski definition) is 4. The number of likely N-dealkylation sites (N-methyl/N-ethyl adjacent to an activating group) is 2. The highest BCUT2D eigenvalue weighted by atomic mass is 16.2. The van der Waals surface area contributed by atoms with Gasteiger partial charge >= 0.3 is 0 Å². The molecule has 0 aliphatic rings. The van der Waals surface area contributed by atoms with Gasteiger partial charge in [0.1, 0.15) is 6.04 Å². The summed E-state index contributed by atoms with van der Waals surface area (Å²) in [7, 11) is 7.05. The Labute approximate surface area is 154 Å². The van der Waals surface area contributed by atoms with E-state index in [-0.39, 0.29) is 11.8 Å². The molecule has 2 rings (SSSR count). The molecule has 26 heavy (non-hydrogen) atoms. The van der Waals surface area contributed by atoms with Crippen LogP contribution in [0.4, 0.5) is 0 Å². The fraction of sp³-hybridized carbons (Fsp3) is 0.421. The lowest BCUT2D eigenvalue weighted by molar-refractivity contribution is -0.133. The van der Waals surface area contributed by atoms with Gasteiger partial charge in [-0.25, -0.2) is 0 Å². The van der Waals surface area contributed by atoms with Crippen molar-refractivity contribution in [3.63, 3.8) is 0 Å². The van der Waals surface area contributed by atoms with Crippen molar-refractivity contribution in [2.24, 2.45) is 7.05 Å². The van der Waals surface area contributed by atoms with Gasteiger partial charge in [-0.1, -0.05) is 12.1 Å². The summed E-state index contributed by atoms with van der Waals surface area (Å²) >= 11 is 0. The monoisotopic (exact) mass is 357 g/mol. The van der Waals surface area contributed by atoms with E-state index in [0.717, 1.165) is 11.1 Å². The van der Waals surface area contributed by atoms with Crippen molar-refractivity contribution in [2.75, 3.05) is 27.7 Å². The standard InChI is InChI=1S/C19H27N5O2/c1-6-24(19(26)17(20-2)16-11-21-23(5)13-16)12-14-7-9-15(10-8-14)18(25)22(3)4/h7-11,13,17,20H,6,12H2,1-5H3. The van der Waals surface area contributed by atoms with Crippen molar-refractivity contribution in [1.29, 1.82) is 0 Å². The number of rotatable bonds is 7. The van der Waals surface area contributed by atoms with Gasteiger partial charge in [0.25, 0.3) is 5.91 Å². The Hall–Kier alpha value is -2.67. The maximum absolute atomic E-state index is 12.9. The predicted octanol–water partition coefficient (Wildman–Crippen LogP) is 1.43. The topological polar surface area (TPSA) is 70.5 Å². The van der Waals surface area contributed by atoms with Crippen LogP contribution in [0.5, 0.6) is 0 Å². The van der Waals surface area contributed by atoms with Crippen molar-refractivity contribution in [1.82, 2.24) is 24.9 Å². The molecule has 1 atom stereocenters. The molecule has 1 unspecified atom stereocenters. The van der Waals surface area contributed by atoms with Crippen molar-refractivity contribution < 1.29 is 9.59 Å². The van der Waals surface area contributed by atoms with Gasteiger partial charge in [-0.05, 0) is 31.7 Å². The third kappa shape index (κ3) is 4.49. The van der Waals surface area contributed by atoms with Crippen LogP contribution < -0.4 is 5.32 Å². The van der Waals surface area contributed by atoms with Gasteiger partial charge in [0, 0.05) is 51.6 Å². The zero-order valence-corrected chi connectivity index (χ0v) is 16.1. The summed E-state index contributed by atoms with van der Waals surface area (Å²) in [5, 5.41) is 7.22. The molecule has 2 amide bonds. The summed E-state index contributed by atoms with van der Waals surface area (Å²) in [6.45, 7) is 3.04. The summed E-state index contributed by atoms with van der Waals surface area (Å²) < 4.78 is 1.68. The smallest absolute Gasteiger partial charge is 0.253 e. The Morgan fingerprint density at radius 2 is 1.88 bits per heavy atom. The molecule has 0 fully saturated rings. The van der Waals surface area contributed by atoms with Crippen LogP contribution in [0.15, 0.2) is 36.7 Å². The maximum Gasteiger partial charge on any atom is 0.253 e. The van der Waals surface area contributed by atoms with Gasteiger partial charge in [0.15, 0.2) is 0 Å². The lowest BCUT2D eigenvalue weighted by Crippen LogP contribution is -2.39. The third-order valence-corrected chi connectivity index (χ3v) is 4.27. The Morgan fingerprint density at radius 1 is 1.23 bits per heavy atom. The number of aryl methyl sites for hydroxylation is 1. The number of nitrogens with zero attached hydrogens (tertiary/aromatic N) is 4. The zero-order valence-electron chi connectivity index (χ0n) is 16.1. The second-order valence-corrected chi connectivity index (χ2v) is 6.42. The van der Waals surface area contributed by atoms with Crippen molar-refractivity contribution in [2.45, 2.75) is 19.5 Å². The molecular weight excluding hydrogens is 330 g/mol. The summed E-state index contributed by atoms with van der Waals surface area (Å²) in [4.78, 5) is 28.3. The number of nitrogens with one attached hydrogen (secondary N) is 1. The molecule has 0 saturated carbocycles. The molecule has 0 spiro atoms. The van der Waals surface area contributed by atoms with Crippen molar-refractivity contribution >= 4 is 11.8 Å². The fourth-order valence-corrected chi connectivity index (χ4v) is 2.78. The first-order chi connectivity index (χ1) is 12.4. The van der Waals surface area contributed by atoms with Gasteiger partial charge in [-0.2, -0.15) is 5.10 Å². The summed E-state index contributed by atoms with van der Waals surface area (Å²) in [5.41, 5.74) is 2.46. The fourth-order valence-electron chi connectivity index (χ4n) is 2.78. The molecule has 0 radical (unpaired) electrons. The highest BCUT2D eigenvalue weighted by molar-refractivity contribution is 5.93. The Balaban J connectivity index is 2.12. The molecule has 140 valence electrons. The molecule has 0 aliphatic heterocycles. The Kier molecular flexibility index (Phi) is 6.52. The molecule has 0 aliphatic carbocycles. The number of hydrogen-bond donors (Lipinski definition) is 1. The van der Waals surface area contributed by atoms with E-state index in [2.05, 4.69) is 10.4 Å². The van der Waals surface area contributed by atoms with Crippen LogP contribution in [0.25, 0.3) is 0 Å². The lowest BCUT2D eigenvalue weighted by Gasteiger charge is -2.26. The quantitative estimate of drug-likeness (QED) is 0.814. The molecule has 7 heteroatoms. The van der Waals surface area contributed by atoms with E-state index < -0.39 is 6.04 Å². The first kappa shape index (κ1) is 19.7. The Morgan fingerprint density at radius 3 is 2.35 bits per heavy atom. The average Bonchev–Trinajstić information content (AvgIpc) is 3.06. The highest BCUT2D eigenvalue weighted by Crippen LogP contribution is 2.17. The minimum absolute atomic E-state index is 0.00329. The van der Waals surface area contributed by atoms with Gasteiger partial charge in [0.2, 0.25) is 5.91 Å². The highest BCUT2D eigenvalue weighted by Gasteiger charge is 2.25. The number of carbonyl (C=O) groups is 2. The first-order valence-corrected chi connectivity index (χ1v) is 8.62. The van der Waals surface area contributed by atoms with Gasteiger partial charge < -0.3 is 15.1 Å². The van der Waals surface area contributed by atoms with Crippen LogP contribution in [0, 0.1) is 0 Å². The molecule has 1 heterocycles. The molecule has 2 aromatic rings. The number of benzene rings is 1. The number of aromatic nitrogens is 2. The van der Waals surface area contributed by atoms with E-state index in [1.54, 1.807) is 54.0 Å². The molecule has 7 nitrogen and oxygen atoms in total. The van der Waals surface area contributed by atoms with Crippen LogP contribution in [-0.2, 0) is 18.4 Å². The zero-order chi connectivity index (χ0) is 19.3. The minimum atomic E-state index is -0.432. The average molecular weight is 357 g/mol. The summed E-state index contributed by atoms with van der Waals surface area (Å²) in [5.74, 6) is -0.0387. The van der Waals surface area contributed by atoms with E-state index in [1.807, 2.05) is 32.3 Å². The SMILES string of the molecule is CCN(Cc1ccc(C(=O)N(C)C)cc1)C(=O)C(NC)c1cnn(C)c1. The van der Waals surface area contributed by atoms with E-state index in [9.17, 15) is 9.59 Å². The molecule has 0 bridgehead atoms. The van der Waals surface area contributed by atoms with Gasteiger partial charge in [-0.3, -0.25) is 14.3 Å². The second kappa shape index (κ2) is 8.62. The van der Waals surface area contributed by atoms with Crippen LogP contribution >= 0.6 is 0 Å². The summed E-state index contributed by atoms with van der Waals surface area (Å²) in [6.07, 6.45) is 3.54. The number of amides is 2. The van der Waals surface area contributed by atoms with E-state index >= 15 is 0 Å². The molecule has 1 aromatic carbocycles. The lowest BCUT2D eigenvalue weighted by atomic mass is 10.1. The molecular formula is C19H27N5O2. The summed E-state index contributed by atoms with van der Waals surface area (Å²) in [6, 6.07) is 6.95. The van der Waals surface area contributed by atoms with Crippen LogP contribution in [0.3, 0.4) is 0 Å². The van der Waals surface area contributed by atoms with Crippen molar-refractivity contribution in [3.05, 3.63) is 53.3 Å². The van der Waals surface area contributed by atoms with E-state index in [4.69, 9.17) is 0 Å². The van der Waals surface area contributed by atoms with Gasteiger partial charge in [-0.15, -0.1) is 0 Å². The third-order valence-electron chi connectivity index (χ3n) is 4.27. The van der Waals surface area contributed by atoms with Crippen LogP contribution in [0.1, 0.15) is 34.5 Å². The largest absolute Gasteiger partial charge is 0.345 e. The van der Waals surface area contributed by atoms with Gasteiger partial charge in [0.05, 0.1) is 6.20 Å². The van der Waals surface area contributed by atoms with Crippen LogP contribution in [-0.4, -0.2) is 59.1 Å². The number of carbonyl (C=O) groups excluding carboxylic acids is 2. The normalized spacial score (nSPS) is 11.9. The molecule has 1 N–H and O–H groups in total. The first-order valence-electron chi connectivity index (χ1n) is 8.62. The van der Waals surface area contributed by atoms with E-state index in [1.165, 1.54) is 0 Å². The Bertz CT molecular complexity index is 752. The van der Waals surface area contributed by atoms with Crippen molar-refractivity contribution in [3.8, 4) is 0 Å². The second-order valence-electron chi connectivity index (χ2n) is 6.42.